The van der Waals surface area contributed by atoms with Crippen LogP contribution in [0.25, 0.3) is 5.57 Å². The second kappa shape index (κ2) is 8.38. The van der Waals surface area contributed by atoms with Crippen LogP contribution < -0.4 is 10.4 Å². The fraction of sp³-hybridized carbons (Fsp3) is 0.200. The Kier molecular flexibility index (Phi) is 5.59. The van der Waals surface area contributed by atoms with Gasteiger partial charge in [0, 0.05) is 6.42 Å². The number of carbonyl (C=O) groups excluding carboxylic acids is 1. The van der Waals surface area contributed by atoms with E-state index in [2.05, 4.69) is 15.6 Å². The van der Waals surface area contributed by atoms with Gasteiger partial charge in [0.05, 0.1) is 11.4 Å². The number of carboxylic acid groups (broad SMARTS) is 1. The Balaban J connectivity index is 1.59. The summed E-state index contributed by atoms with van der Waals surface area (Å²) in [5, 5.41) is 29.3. The van der Waals surface area contributed by atoms with Crippen molar-refractivity contribution in [3.63, 3.8) is 0 Å². The highest BCUT2D eigenvalue weighted by atomic mass is 16.4. The zero-order valence-corrected chi connectivity index (χ0v) is 18.5. The molecule has 0 fully saturated rings. The second-order valence-electron chi connectivity index (χ2n) is 8.19. The standard InChI is InChI=1S/C25H24N4O4/c1-15-6-9-20(13-16(15)2)29-23(31)22(17(3)27-29)26-28-25(24(32)33)12-4-5-19(14-25)18-7-10-21(30)11-8-18/h4-13,28,30H,14H2,1-3H3,(H,32,33)/b26-22-. The molecule has 2 aromatic rings. The summed E-state index contributed by atoms with van der Waals surface area (Å²) in [6.07, 6.45) is 5.07. The minimum absolute atomic E-state index is 0.0583. The van der Waals surface area contributed by atoms with E-state index in [9.17, 15) is 19.8 Å². The molecular weight excluding hydrogens is 420 g/mol. The van der Waals surface area contributed by atoms with E-state index >= 15 is 0 Å². The smallest absolute Gasteiger partial charge is 0.335 e. The van der Waals surface area contributed by atoms with Gasteiger partial charge in [0.15, 0.2) is 11.3 Å². The Hall–Kier alpha value is -4.20. The van der Waals surface area contributed by atoms with Crippen LogP contribution in [0.5, 0.6) is 5.75 Å². The van der Waals surface area contributed by atoms with E-state index in [0.717, 1.165) is 22.3 Å². The molecule has 1 aliphatic heterocycles. The third-order valence-electron chi connectivity index (χ3n) is 5.86. The number of amides is 1. The molecule has 0 saturated heterocycles. The zero-order valence-electron chi connectivity index (χ0n) is 18.5. The molecule has 1 atom stereocenters. The maximum Gasteiger partial charge on any atom is 0.335 e. The molecule has 0 bridgehead atoms. The molecule has 0 spiro atoms. The molecular formula is C25H24N4O4. The molecule has 1 unspecified atom stereocenters. The number of aliphatic carboxylic acids is 1. The van der Waals surface area contributed by atoms with Gasteiger partial charge in [-0.3, -0.25) is 10.2 Å². The Morgan fingerprint density at radius 3 is 2.52 bits per heavy atom. The molecule has 33 heavy (non-hydrogen) atoms. The predicted molar refractivity (Wildman–Crippen MR) is 127 cm³/mol. The van der Waals surface area contributed by atoms with Crippen LogP contribution in [0.2, 0.25) is 0 Å². The van der Waals surface area contributed by atoms with Gasteiger partial charge in [0.2, 0.25) is 0 Å². The minimum atomic E-state index is -1.54. The highest BCUT2D eigenvalue weighted by molar-refractivity contribution is 6.71. The molecule has 4 rings (SSSR count). The molecule has 8 nitrogen and oxygen atoms in total. The number of rotatable bonds is 5. The summed E-state index contributed by atoms with van der Waals surface area (Å²) in [5.74, 6) is -1.43. The van der Waals surface area contributed by atoms with Gasteiger partial charge in [-0.15, -0.1) is 0 Å². The maximum atomic E-state index is 13.0. The fourth-order valence-corrected chi connectivity index (χ4v) is 3.71. The van der Waals surface area contributed by atoms with Gasteiger partial charge in [-0.05, 0) is 73.4 Å². The van der Waals surface area contributed by atoms with Crippen molar-refractivity contribution in [2.45, 2.75) is 32.7 Å². The van der Waals surface area contributed by atoms with Gasteiger partial charge >= 0.3 is 11.9 Å². The quantitative estimate of drug-likeness (QED) is 0.610. The summed E-state index contributed by atoms with van der Waals surface area (Å²) in [6.45, 7) is 5.60. The van der Waals surface area contributed by atoms with Gasteiger partial charge in [0.25, 0.3) is 0 Å². The summed E-state index contributed by atoms with van der Waals surface area (Å²) in [4.78, 5) is 25.3. The lowest BCUT2D eigenvalue weighted by molar-refractivity contribution is -0.142. The monoisotopic (exact) mass is 444 g/mol. The highest BCUT2D eigenvalue weighted by Crippen LogP contribution is 2.31. The number of hydrogen-bond donors (Lipinski definition) is 3. The van der Waals surface area contributed by atoms with Crippen LogP contribution >= 0.6 is 0 Å². The van der Waals surface area contributed by atoms with E-state index < -0.39 is 17.4 Å². The van der Waals surface area contributed by atoms with Gasteiger partial charge in [-0.25, -0.2) is 4.79 Å². The Morgan fingerprint density at radius 2 is 1.85 bits per heavy atom. The first-order chi connectivity index (χ1) is 15.7. The number of aromatic hydroxyl groups is 1. The van der Waals surface area contributed by atoms with Gasteiger partial charge in [-0.2, -0.15) is 15.2 Å². The molecule has 3 N–H and O–H groups in total. The first-order valence-corrected chi connectivity index (χ1v) is 10.4. The van der Waals surface area contributed by atoms with E-state index in [1.807, 2.05) is 38.1 Å². The van der Waals surface area contributed by atoms with Crippen molar-refractivity contribution in [3.8, 4) is 5.75 Å². The van der Waals surface area contributed by atoms with Crippen LogP contribution in [0.1, 0.15) is 30.0 Å². The van der Waals surface area contributed by atoms with E-state index in [4.69, 9.17) is 0 Å². The van der Waals surface area contributed by atoms with Crippen molar-refractivity contribution in [1.29, 1.82) is 0 Å². The maximum absolute atomic E-state index is 13.0. The number of nitrogens with zero attached hydrogens (tertiary/aromatic N) is 3. The first kappa shape index (κ1) is 22.0. The zero-order chi connectivity index (χ0) is 23.8. The third-order valence-corrected chi connectivity index (χ3v) is 5.86. The van der Waals surface area contributed by atoms with E-state index in [1.54, 1.807) is 37.3 Å². The lowest BCUT2D eigenvalue weighted by Crippen LogP contribution is -2.50. The number of hydrogen-bond acceptors (Lipinski definition) is 6. The number of anilines is 1. The number of carboxylic acids is 1. The molecule has 1 amide bonds. The van der Waals surface area contributed by atoms with Gasteiger partial charge in [0.1, 0.15) is 5.75 Å². The second-order valence-corrected chi connectivity index (χ2v) is 8.19. The lowest BCUT2D eigenvalue weighted by atomic mass is 9.84. The molecule has 0 aromatic heterocycles. The predicted octanol–water partition coefficient (Wildman–Crippen LogP) is 3.54. The first-order valence-electron chi connectivity index (χ1n) is 10.4. The summed E-state index contributed by atoms with van der Waals surface area (Å²) in [6, 6.07) is 12.1. The normalized spacial score (nSPS) is 21.2. The van der Waals surface area contributed by atoms with Crippen LogP contribution in [-0.2, 0) is 9.59 Å². The average Bonchev–Trinajstić information content (AvgIpc) is 3.08. The number of carbonyl (C=O) groups is 2. The number of hydrazone groups is 2. The van der Waals surface area contributed by atoms with Crippen LogP contribution in [-0.4, -0.2) is 39.1 Å². The molecule has 1 aliphatic carbocycles. The molecule has 0 radical (unpaired) electrons. The summed E-state index contributed by atoms with van der Waals surface area (Å²) < 4.78 is 0. The van der Waals surface area contributed by atoms with Crippen LogP contribution in [0.15, 0.2) is 70.9 Å². The van der Waals surface area contributed by atoms with Crippen molar-refractivity contribution in [2.75, 3.05) is 5.01 Å². The average molecular weight is 444 g/mol. The SMILES string of the molecule is CC1=NN(c2ccc(C)c(C)c2)C(=O)/C1=N\NC1(C(=O)O)C=CC=C(c2ccc(O)cc2)C1. The van der Waals surface area contributed by atoms with Gasteiger partial charge in [-0.1, -0.05) is 30.4 Å². The largest absolute Gasteiger partial charge is 0.508 e. The van der Waals surface area contributed by atoms with Crippen molar-refractivity contribution < 1.29 is 19.8 Å². The number of aryl methyl sites for hydroxylation is 2. The molecule has 1 heterocycles. The lowest BCUT2D eigenvalue weighted by Gasteiger charge is -2.29. The molecule has 2 aromatic carbocycles. The van der Waals surface area contributed by atoms with Crippen molar-refractivity contribution in [2.24, 2.45) is 10.2 Å². The van der Waals surface area contributed by atoms with E-state index in [0.29, 0.717) is 11.4 Å². The Morgan fingerprint density at radius 1 is 1.12 bits per heavy atom. The Bertz CT molecular complexity index is 1260. The van der Waals surface area contributed by atoms with E-state index in [1.165, 1.54) is 11.1 Å². The van der Waals surface area contributed by atoms with E-state index in [-0.39, 0.29) is 17.9 Å². The van der Waals surface area contributed by atoms with Crippen molar-refractivity contribution in [3.05, 3.63) is 77.4 Å². The van der Waals surface area contributed by atoms with Crippen LogP contribution in [0.3, 0.4) is 0 Å². The van der Waals surface area contributed by atoms with Crippen molar-refractivity contribution in [1.82, 2.24) is 5.43 Å². The highest BCUT2D eigenvalue weighted by Gasteiger charge is 2.40. The molecule has 168 valence electrons. The minimum Gasteiger partial charge on any atom is -0.508 e. The summed E-state index contributed by atoms with van der Waals surface area (Å²) in [7, 11) is 0. The topological polar surface area (TPSA) is 115 Å². The molecule has 8 heteroatoms. The van der Waals surface area contributed by atoms with Crippen LogP contribution in [0.4, 0.5) is 5.69 Å². The summed E-state index contributed by atoms with van der Waals surface area (Å²) >= 11 is 0. The Labute approximate surface area is 191 Å². The summed E-state index contributed by atoms with van der Waals surface area (Å²) in [5.41, 5.74) is 5.93. The number of allylic oxidation sites excluding steroid dienone is 2. The fourth-order valence-electron chi connectivity index (χ4n) is 3.71. The number of phenols is 1. The molecule has 2 aliphatic rings. The van der Waals surface area contributed by atoms with Crippen molar-refractivity contribution >= 4 is 34.6 Å². The third kappa shape index (κ3) is 4.15. The van der Waals surface area contributed by atoms with Gasteiger partial charge < -0.3 is 10.2 Å². The number of benzene rings is 2. The van der Waals surface area contributed by atoms with Crippen LogP contribution in [0, 0.1) is 13.8 Å². The number of nitrogens with one attached hydrogen (secondary N) is 1. The molecule has 0 saturated carbocycles. The number of phenolic OH excluding ortho intramolecular Hbond substituents is 1.